The molecule has 0 fully saturated rings. The first-order valence-electron chi connectivity index (χ1n) is 5.24. The number of nitrogens with two attached hydrogens (primary N) is 1. The summed E-state index contributed by atoms with van der Waals surface area (Å²) in [5.74, 6) is 0.202. The highest BCUT2D eigenvalue weighted by molar-refractivity contribution is 5.76. The lowest BCUT2D eigenvalue weighted by atomic mass is 10.2. The van der Waals surface area contributed by atoms with E-state index in [1.807, 2.05) is 18.7 Å². The van der Waals surface area contributed by atoms with Crippen LogP contribution in [0.4, 0.5) is 0 Å². The molecule has 0 rings (SSSR count). The van der Waals surface area contributed by atoms with Crippen LogP contribution >= 0.6 is 0 Å². The number of amides is 1. The number of carbonyl (C=O) groups excluding carboxylic acids is 1. The van der Waals surface area contributed by atoms with Gasteiger partial charge in [-0.25, -0.2) is 0 Å². The van der Waals surface area contributed by atoms with Crippen LogP contribution in [0.2, 0.25) is 0 Å². The van der Waals surface area contributed by atoms with Gasteiger partial charge in [0.2, 0.25) is 5.91 Å². The summed E-state index contributed by atoms with van der Waals surface area (Å²) < 4.78 is 0. The zero-order valence-corrected chi connectivity index (χ0v) is 9.33. The summed E-state index contributed by atoms with van der Waals surface area (Å²) in [4.78, 5) is 13.5. The van der Waals surface area contributed by atoms with Gasteiger partial charge in [0.15, 0.2) is 0 Å². The normalized spacial score (nSPS) is 10.3. The SMILES string of the molecule is C=CCN(C(=O)CCCCN)C(C)C. The summed E-state index contributed by atoms with van der Waals surface area (Å²) in [5, 5.41) is 0. The molecule has 2 N–H and O–H groups in total. The molecule has 0 unspecified atom stereocenters. The monoisotopic (exact) mass is 198 g/mol. The molecular formula is C11H22N2O. The number of hydrogen-bond acceptors (Lipinski definition) is 2. The smallest absolute Gasteiger partial charge is 0.223 e. The molecule has 0 spiro atoms. The minimum absolute atomic E-state index is 0.202. The lowest BCUT2D eigenvalue weighted by Gasteiger charge is -2.25. The summed E-state index contributed by atoms with van der Waals surface area (Å²) >= 11 is 0. The molecule has 0 aromatic heterocycles. The van der Waals surface area contributed by atoms with Gasteiger partial charge in [-0.15, -0.1) is 6.58 Å². The van der Waals surface area contributed by atoms with Crippen LogP contribution in [0.1, 0.15) is 33.1 Å². The largest absolute Gasteiger partial charge is 0.337 e. The number of carbonyl (C=O) groups is 1. The van der Waals surface area contributed by atoms with Crippen LogP contribution < -0.4 is 5.73 Å². The average molecular weight is 198 g/mol. The Bertz CT molecular complexity index is 178. The van der Waals surface area contributed by atoms with Crippen LogP contribution in [0.5, 0.6) is 0 Å². The maximum atomic E-state index is 11.7. The molecule has 0 heterocycles. The topological polar surface area (TPSA) is 46.3 Å². The summed E-state index contributed by atoms with van der Waals surface area (Å²) in [6.07, 6.45) is 4.17. The van der Waals surface area contributed by atoms with E-state index in [0.29, 0.717) is 19.5 Å². The Hall–Kier alpha value is -0.830. The minimum Gasteiger partial charge on any atom is -0.337 e. The standard InChI is InChI=1S/C11H22N2O/c1-4-9-13(10(2)3)11(14)7-5-6-8-12/h4,10H,1,5-9,12H2,2-3H3. The quantitative estimate of drug-likeness (QED) is 0.498. The Kier molecular flexibility index (Phi) is 7.11. The van der Waals surface area contributed by atoms with Crippen molar-refractivity contribution in [3.8, 4) is 0 Å². The first-order chi connectivity index (χ1) is 6.63. The highest BCUT2D eigenvalue weighted by Gasteiger charge is 2.14. The number of nitrogens with zero attached hydrogens (tertiary/aromatic N) is 1. The van der Waals surface area contributed by atoms with E-state index < -0.39 is 0 Å². The number of rotatable bonds is 7. The van der Waals surface area contributed by atoms with Gasteiger partial charge in [-0.05, 0) is 33.2 Å². The van der Waals surface area contributed by atoms with E-state index in [9.17, 15) is 4.79 Å². The molecule has 1 amide bonds. The minimum atomic E-state index is 0.202. The molecule has 0 aliphatic heterocycles. The molecule has 0 aliphatic rings. The van der Waals surface area contributed by atoms with Gasteiger partial charge in [-0.1, -0.05) is 6.08 Å². The van der Waals surface area contributed by atoms with E-state index >= 15 is 0 Å². The maximum absolute atomic E-state index is 11.7. The van der Waals surface area contributed by atoms with E-state index in [4.69, 9.17) is 5.73 Å². The van der Waals surface area contributed by atoms with Gasteiger partial charge in [0, 0.05) is 19.0 Å². The second-order valence-corrected chi connectivity index (χ2v) is 3.67. The third-order valence-corrected chi connectivity index (χ3v) is 2.11. The molecule has 0 saturated heterocycles. The van der Waals surface area contributed by atoms with E-state index in [2.05, 4.69) is 6.58 Å². The fraction of sp³-hybridized carbons (Fsp3) is 0.727. The van der Waals surface area contributed by atoms with Gasteiger partial charge < -0.3 is 10.6 Å². The Morgan fingerprint density at radius 3 is 2.57 bits per heavy atom. The van der Waals surface area contributed by atoms with Gasteiger partial charge in [-0.2, -0.15) is 0 Å². The Morgan fingerprint density at radius 2 is 2.14 bits per heavy atom. The Balaban J connectivity index is 3.95. The molecule has 0 saturated carbocycles. The molecule has 0 atom stereocenters. The second kappa shape index (κ2) is 7.56. The molecule has 0 aliphatic carbocycles. The fourth-order valence-electron chi connectivity index (χ4n) is 1.30. The van der Waals surface area contributed by atoms with Crippen molar-refractivity contribution in [2.45, 2.75) is 39.2 Å². The number of hydrogen-bond donors (Lipinski definition) is 1. The zero-order chi connectivity index (χ0) is 11.0. The third-order valence-electron chi connectivity index (χ3n) is 2.11. The molecule has 0 radical (unpaired) electrons. The van der Waals surface area contributed by atoms with E-state index in [1.54, 1.807) is 6.08 Å². The molecule has 3 nitrogen and oxygen atoms in total. The van der Waals surface area contributed by atoms with Crippen LogP contribution in [0.3, 0.4) is 0 Å². The van der Waals surface area contributed by atoms with Crippen molar-refractivity contribution >= 4 is 5.91 Å². The van der Waals surface area contributed by atoms with Crippen molar-refractivity contribution in [3.63, 3.8) is 0 Å². The van der Waals surface area contributed by atoms with E-state index in [0.717, 1.165) is 12.8 Å². The van der Waals surface area contributed by atoms with Gasteiger partial charge in [-0.3, -0.25) is 4.79 Å². The summed E-state index contributed by atoms with van der Waals surface area (Å²) in [6.45, 7) is 8.99. The van der Waals surface area contributed by atoms with Crippen LogP contribution in [0, 0.1) is 0 Å². The average Bonchev–Trinajstić information content (AvgIpc) is 2.13. The van der Waals surface area contributed by atoms with Crippen molar-refractivity contribution in [2.75, 3.05) is 13.1 Å². The highest BCUT2D eigenvalue weighted by Crippen LogP contribution is 2.04. The second-order valence-electron chi connectivity index (χ2n) is 3.67. The fourth-order valence-corrected chi connectivity index (χ4v) is 1.30. The molecule has 14 heavy (non-hydrogen) atoms. The molecule has 0 bridgehead atoms. The lowest BCUT2D eigenvalue weighted by molar-refractivity contribution is -0.132. The zero-order valence-electron chi connectivity index (χ0n) is 9.33. The predicted molar refractivity (Wildman–Crippen MR) is 60.0 cm³/mol. The summed E-state index contributed by atoms with van der Waals surface area (Å²) in [7, 11) is 0. The van der Waals surface area contributed by atoms with Crippen LogP contribution in [0.25, 0.3) is 0 Å². The molecule has 0 aromatic carbocycles. The summed E-state index contributed by atoms with van der Waals surface area (Å²) in [5.41, 5.74) is 5.37. The van der Waals surface area contributed by atoms with Crippen molar-refractivity contribution in [3.05, 3.63) is 12.7 Å². The first-order valence-corrected chi connectivity index (χ1v) is 5.24. The van der Waals surface area contributed by atoms with Gasteiger partial charge in [0.25, 0.3) is 0 Å². The van der Waals surface area contributed by atoms with Gasteiger partial charge >= 0.3 is 0 Å². The molecule has 0 aromatic rings. The third kappa shape index (κ3) is 5.02. The van der Waals surface area contributed by atoms with Crippen molar-refractivity contribution < 1.29 is 4.79 Å². The molecule has 3 heteroatoms. The van der Waals surface area contributed by atoms with E-state index in [1.165, 1.54) is 0 Å². The van der Waals surface area contributed by atoms with Crippen LogP contribution in [-0.2, 0) is 4.79 Å². The summed E-state index contributed by atoms with van der Waals surface area (Å²) in [6, 6.07) is 0.248. The predicted octanol–water partition coefficient (Wildman–Crippen LogP) is 1.54. The maximum Gasteiger partial charge on any atom is 0.223 e. The highest BCUT2D eigenvalue weighted by atomic mass is 16.2. The van der Waals surface area contributed by atoms with Crippen molar-refractivity contribution in [1.82, 2.24) is 4.90 Å². The Labute approximate surface area is 87.0 Å². The Morgan fingerprint density at radius 1 is 1.50 bits per heavy atom. The van der Waals surface area contributed by atoms with Crippen molar-refractivity contribution in [1.29, 1.82) is 0 Å². The molecule has 82 valence electrons. The molecular weight excluding hydrogens is 176 g/mol. The van der Waals surface area contributed by atoms with E-state index in [-0.39, 0.29) is 11.9 Å². The van der Waals surface area contributed by atoms with Crippen LogP contribution in [-0.4, -0.2) is 29.9 Å². The van der Waals surface area contributed by atoms with Gasteiger partial charge in [0.1, 0.15) is 0 Å². The van der Waals surface area contributed by atoms with Gasteiger partial charge in [0.05, 0.1) is 0 Å². The van der Waals surface area contributed by atoms with Crippen molar-refractivity contribution in [2.24, 2.45) is 5.73 Å². The number of unbranched alkanes of at least 4 members (excludes halogenated alkanes) is 1. The lowest BCUT2D eigenvalue weighted by Crippen LogP contribution is -2.36. The first kappa shape index (κ1) is 13.2. The van der Waals surface area contributed by atoms with Crippen LogP contribution in [0.15, 0.2) is 12.7 Å².